The molecule has 2 aliphatic heterocycles. The summed E-state index contributed by atoms with van der Waals surface area (Å²) in [7, 11) is -3.76. The number of sulfonamides is 1. The van der Waals surface area contributed by atoms with E-state index in [0.717, 1.165) is 0 Å². The molecule has 0 bridgehead atoms. The maximum absolute atomic E-state index is 12.4. The van der Waals surface area contributed by atoms with E-state index in [4.69, 9.17) is 14.3 Å². The maximum atomic E-state index is 12.4. The number of hydrogen-bond donors (Lipinski definition) is 1. The lowest BCUT2D eigenvalue weighted by Crippen LogP contribution is -2.39. The van der Waals surface area contributed by atoms with Crippen LogP contribution >= 0.6 is 11.8 Å². The highest BCUT2D eigenvalue weighted by atomic mass is 32.2. The van der Waals surface area contributed by atoms with Crippen LogP contribution in [-0.4, -0.2) is 50.1 Å². The summed E-state index contributed by atoms with van der Waals surface area (Å²) in [6.07, 6.45) is 2.96. The Hall–Kier alpha value is -2.89. The highest BCUT2D eigenvalue weighted by molar-refractivity contribution is 8.18. The number of esters is 1. The number of amides is 1. The fraction of sp³-hybridized carbons (Fsp3) is 0.318. The molecule has 3 heterocycles. The van der Waals surface area contributed by atoms with Gasteiger partial charge in [-0.05, 0) is 67.9 Å². The van der Waals surface area contributed by atoms with Crippen LogP contribution < -0.4 is 5.14 Å². The van der Waals surface area contributed by atoms with Crippen molar-refractivity contribution in [1.82, 2.24) is 4.90 Å². The van der Waals surface area contributed by atoms with Gasteiger partial charge in [-0.15, -0.1) is 0 Å². The molecular formula is C22H23N3O6S2. The first-order valence-electron chi connectivity index (χ1n) is 10.4. The summed E-state index contributed by atoms with van der Waals surface area (Å²) in [6.45, 7) is 3.44. The molecule has 0 atom stereocenters. The lowest BCUT2D eigenvalue weighted by atomic mass is 9.97. The number of nitrogens with zero attached hydrogens (tertiary/aromatic N) is 2. The molecule has 2 aliphatic rings. The zero-order valence-electron chi connectivity index (χ0n) is 17.9. The SMILES string of the molecule is CCOC(=O)C1CCN(C2=NC(=O)C(=Cc3ccc(-c4ccc(S(N)(=O)=O)cc4)o3)S2)CC1. The highest BCUT2D eigenvalue weighted by Gasteiger charge is 2.31. The van der Waals surface area contributed by atoms with Gasteiger partial charge >= 0.3 is 5.97 Å². The lowest BCUT2D eigenvalue weighted by Gasteiger charge is -2.31. The molecule has 9 nitrogen and oxygen atoms in total. The van der Waals surface area contributed by atoms with Crippen molar-refractivity contribution < 1.29 is 27.2 Å². The second kappa shape index (κ2) is 9.54. The summed E-state index contributed by atoms with van der Waals surface area (Å²) in [5.74, 6) is 0.398. The Morgan fingerprint density at radius 3 is 2.58 bits per heavy atom. The van der Waals surface area contributed by atoms with Crippen molar-refractivity contribution in [1.29, 1.82) is 0 Å². The van der Waals surface area contributed by atoms with E-state index in [-0.39, 0.29) is 22.7 Å². The monoisotopic (exact) mass is 489 g/mol. The Balaban J connectivity index is 1.40. The molecule has 2 N–H and O–H groups in total. The molecule has 11 heteroatoms. The molecule has 2 aromatic rings. The van der Waals surface area contributed by atoms with Gasteiger partial charge in [-0.1, -0.05) is 0 Å². The van der Waals surface area contributed by atoms with Gasteiger partial charge < -0.3 is 14.1 Å². The quantitative estimate of drug-likeness (QED) is 0.501. The Morgan fingerprint density at radius 1 is 1.24 bits per heavy atom. The van der Waals surface area contributed by atoms with Gasteiger partial charge in [-0.2, -0.15) is 4.99 Å². The van der Waals surface area contributed by atoms with E-state index < -0.39 is 10.0 Å². The Labute approximate surface area is 195 Å². The van der Waals surface area contributed by atoms with Gasteiger partial charge in [0.05, 0.1) is 22.3 Å². The van der Waals surface area contributed by atoms with E-state index in [1.165, 1.54) is 23.9 Å². The van der Waals surface area contributed by atoms with Crippen LogP contribution in [0.3, 0.4) is 0 Å². The molecule has 0 radical (unpaired) electrons. The standard InChI is InChI=1S/C22H23N3O6S2/c1-2-30-21(27)15-9-11-25(12-10-15)22-24-20(26)19(32-22)13-16-5-8-18(31-16)14-3-6-17(7-4-14)33(23,28)29/h3-8,13,15H,2,9-12H2,1H3,(H2,23,28,29). The van der Waals surface area contributed by atoms with Crippen molar-refractivity contribution in [2.45, 2.75) is 24.7 Å². The Kier molecular flexibility index (Phi) is 6.73. The predicted octanol–water partition coefficient (Wildman–Crippen LogP) is 2.84. The number of amidine groups is 1. The van der Waals surface area contributed by atoms with E-state index in [2.05, 4.69) is 4.99 Å². The summed E-state index contributed by atoms with van der Waals surface area (Å²) >= 11 is 1.28. The van der Waals surface area contributed by atoms with Gasteiger partial charge in [0.15, 0.2) is 5.17 Å². The van der Waals surface area contributed by atoms with Crippen LogP contribution in [0.25, 0.3) is 17.4 Å². The molecule has 1 saturated heterocycles. The van der Waals surface area contributed by atoms with Crippen molar-refractivity contribution in [2.24, 2.45) is 16.0 Å². The van der Waals surface area contributed by atoms with Gasteiger partial charge in [0.25, 0.3) is 5.91 Å². The fourth-order valence-electron chi connectivity index (χ4n) is 3.62. The largest absolute Gasteiger partial charge is 0.466 e. The van der Waals surface area contributed by atoms with Crippen LogP contribution in [0.15, 0.2) is 55.6 Å². The van der Waals surface area contributed by atoms with Gasteiger partial charge in [0, 0.05) is 24.7 Å². The van der Waals surface area contributed by atoms with Crippen LogP contribution in [0.1, 0.15) is 25.5 Å². The molecule has 1 aromatic heterocycles. The van der Waals surface area contributed by atoms with Gasteiger partial charge in [0.1, 0.15) is 11.5 Å². The third kappa shape index (κ3) is 5.37. The van der Waals surface area contributed by atoms with E-state index in [1.807, 2.05) is 4.90 Å². The second-order valence-corrected chi connectivity index (χ2v) is 10.2. The third-order valence-electron chi connectivity index (χ3n) is 5.36. The van der Waals surface area contributed by atoms with Crippen LogP contribution in [0.4, 0.5) is 0 Å². The summed E-state index contributed by atoms with van der Waals surface area (Å²) in [6, 6.07) is 9.50. The number of likely N-dealkylation sites (tertiary alicyclic amines) is 1. The molecular weight excluding hydrogens is 466 g/mol. The minimum atomic E-state index is -3.76. The van der Waals surface area contributed by atoms with E-state index >= 15 is 0 Å². The van der Waals surface area contributed by atoms with Crippen LogP contribution in [-0.2, 0) is 24.3 Å². The highest BCUT2D eigenvalue weighted by Crippen LogP contribution is 2.33. The number of ether oxygens (including phenoxy) is 1. The number of piperidine rings is 1. The number of hydrogen-bond acceptors (Lipinski definition) is 8. The zero-order valence-corrected chi connectivity index (χ0v) is 19.5. The van der Waals surface area contributed by atoms with Gasteiger partial charge in [-0.3, -0.25) is 9.59 Å². The average molecular weight is 490 g/mol. The number of nitrogens with two attached hydrogens (primary N) is 1. The van der Waals surface area contributed by atoms with Gasteiger partial charge in [-0.25, -0.2) is 13.6 Å². The number of rotatable bonds is 5. The maximum Gasteiger partial charge on any atom is 0.309 e. The number of furan rings is 1. The molecule has 0 unspecified atom stereocenters. The van der Waals surface area contributed by atoms with Crippen LogP contribution in [0.2, 0.25) is 0 Å². The van der Waals surface area contributed by atoms with E-state index in [1.54, 1.807) is 37.3 Å². The fourth-order valence-corrected chi connectivity index (χ4v) is 5.08. The number of benzene rings is 1. The number of thioether (sulfide) groups is 1. The minimum absolute atomic E-state index is 0.0177. The Morgan fingerprint density at radius 2 is 1.94 bits per heavy atom. The second-order valence-electron chi connectivity index (χ2n) is 7.59. The number of aliphatic imine (C=N–C) groups is 1. The smallest absolute Gasteiger partial charge is 0.309 e. The van der Waals surface area contributed by atoms with Crippen molar-refractivity contribution in [3.63, 3.8) is 0 Å². The Bertz CT molecular complexity index is 1220. The number of carbonyl (C=O) groups is 2. The summed E-state index contributed by atoms with van der Waals surface area (Å²) in [5.41, 5.74) is 0.680. The topological polar surface area (TPSA) is 132 Å². The van der Waals surface area contributed by atoms with Gasteiger partial charge in [0.2, 0.25) is 10.0 Å². The molecule has 0 aliphatic carbocycles. The number of primary sulfonamides is 1. The first-order chi connectivity index (χ1) is 15.7. The molecule has 0 spiro atoms. The minimum Gasteiger partial charge on any atom is -0.466 e. The normalized spacial score (nSPS) is 18.6. The third-order valence-corrected chi connectivity index (χ3v) is 7.34. The van der Waals surface area contributed by atoms with Crippen molar-refractivity contribution >= 4 is 44.9 Å². The average Bonchev–Trinajstić information content (AvgIpc) is 3.41. The van der Waals surface area contributed by atoms with Crippen molar-refractivity contribution in [3.05, 3.63) is 47.1 Å². The molecule has 1 fully saturated rings. The molecule has 0 saturated carbocycles. The molecule has 174 valence electrons. The molecule has 1 aromatic carbocycles. The summed E-state index contributed by atoms with van der Waals surface area (Å²) < 4.78 is 33.7. The lowest BCUT2D eigenvalue weighted by molar-refractivity contribution is -0.149. The zero-order chi connectivity index (χ0) is 23.6. The van der Waals surface area contributed by atoms with Crippen molar-refractivity contribution in [3.8, 4) is 11.3 Å². The van der Waals surface area contributed by atoms with Crippen LogP contribution in [0, 0.1) is 5.92 Å². The van der Waals surface area contributed by atoms with Crippen LogP contribution in [0.5, 0.6) is 0 Å². The summed E-state index contributed by atoms with van der Waals surface area (Å²) in [5, 5.41) is 5.75. The first-order valence-corrected chi connectivity index (χ1v) is 12.8. The van der Waals surface area contributed by atoms with E-state index in [0.29, 0.717) is 59.7 Å². The van der Waals surface area contributed by atoms with E-state index in [9.17, 15) is 18.0 Å². The summed E-state index contributed by atoms with van der Waals surface area (Å²) in [4.78, 5) is 31.0. The molecule has 33 heavy (non-hydrogen) atoms. The molecule has 1 amide bonds. The molecule has 4 rings (SSSR count). The predicted molar refractivity (Wildman–Crippen MR) is 124 cm³/mol. The first kappa shape index (κ1) is 23.3. The number of carbonyl (C=O) groups excluding carboxylic acids is 2. The van der Waals surface area contributed by atoms with Crippen molar-refractivity contribution in [2.75, 3.05) is 19.7 Å².